The van der Waals surface area contributed by atoms with Crippen LogP contribution in [0.5, 0.6) is 0 Å². The van der Waals surface area contributed by atoms with Crippen molar-refractivity contribution in [1.29, 1.82) is 0 Å². The second kappa shape index (κ2) is 3.53. The van der Waals surface area contributed by atoms with Crippen molar-refractivity contribution in [2.75, 3.05) is 0 Å². The summed E-state index contributed by atoms with van der Waals surface area (Å²) >= 11 is 1.39. The first-order chi connectivity index (χ1) is 5.29. The molecule has 0 bridgehead atoms. The van der Waals surface area contributed by atoms with Gasteiger partial charge in [-0.05, 0) is 13.3 Å². The van der Waals surface area contributed by atoms with Gasteiger partial charge in [0.1, 0.15) is 0 Å². The molecule has 1 aromatic heterocycles. The second-order valence-electron chi connectivity index (χ2n) is 2.21. The van der Waals surface area contributed by atoms with Crippen LogP contribution in [0, 0.1) is 0 Å². The van der Waals surface area contributed by atoms with E-state index >= 15 is 0 Å². The van der Waals surface area contributed by atoms with Crippen LogP contribution in [0.2, 0.25) is 0 Å². The molecule has 2 nitrogen and oxygen atoms in total. The second-order valence-corrected chi connectivity index (χ2v) is 3.06. The molecule has 0 saturated heterocycles. The molecule has 0 atom stereocenters. The standard InChI is InChI=1S/C8H11NOS/c1-3-5-6-7(4-2)11-9-8(6)10/h4-5H,3H2,1-2H3,(H,9,10)/b6-5+,7-4+. The van der Waals surface area contributed by atoms with Crippen LogP contribution < -0.4 is 15.3 Å². The molecular formula is C8H11NOS. The highest BCUT2D eigenvalue weighted by Crippen LogP contribution is 1.73. The van der Waals surface area contributed by atoms with Gasteiger partial charge in [-0.3, -0.25) is 9.17 Å². The van der Waals surface area contributed by atoms with E-state index in [0.29, 0.717) is 0 Å². The molecule has 1 N–H and O–H groups in total. The van der Waals surface area contributed by atoms with Crippen LogP contribution in [0.15, 0.2) is 4.79 Å². The van der Waals surface area contributed by atoms with Crippen LogP contribution >= 0.6 is 11.5 Å². The van der Waals surface area contributed by atoms with Crippen LogP contribution in [-0.4, -0.2) is 4.37 Å². The van der Waals surface area contributed by atoms with Crippen molar-refractivity contribution in [2.24, 2.45) is 0 Å². The predicted molar refractivity (Wildman–Crippen MR) is 49.1 cm³/mol. The van der Waals surface area contributed by atoms with Crippen molar-refractivity contribution in [3.05, 3.63) is 20.1 Å². The number of aromatic nitrogens is 1. The Kier molecular flexibility index (Phi) is 2.65. The first-order valence-corrected chi connectivity index (χ1v) is 4.45. The number of rotatable bonds is 1. The molecule has 0 amide bonds. The molecule has 0 spiro atoms. The summed E-state index contributed by atoms with van der Waals surface area (Å²) in [7, 11) is 0. The van der Waals surface area contributed by atoms with Crippen molar-refractivity contribution in [3.63, 3.8) is 0 Å². The molecule has 0 unspecified atom stereocenters. The quantitative estimate of drug-likeness (QED) is 0.649. The van der Waals surface area contributed by atoms with E-state index in [9.17, 15) is 4.79 Å². The van der Waals surface area contributed by atoms with Crippen LogP contribution in [0.1, 0.15) is 20.3 Å². The average molecular weight is 169 g/mol. The van der Waals surface area contributed by atoms with Gasteiger partial charge in [0.05, 0.1) is 9.75 Å². The first kappa shape index (κ1) is 8.27. The van der Waals surface area contributed by atoms with Crippen molar-refractivity contribution < 1.29 is 0 Å². The Hall–Kier alpha value is -0.830. The molecule has 11 heavy (non-hydrogen) atoms. The third-order valence-corrected chi connectivity index (χ3v) is 2.40. The van der Waals surface area contributed by atoms with E-state index in [1.54, 1.807) is 0 Å². The molecule has 0 aliphatic rings. The highest BCUT2D eigenvalue weighted by molar-refractivity contribution is 7.03. The fourth-order valence-corrected chi connectivity index (χ4v) is 1.65. The first-order valence-electron chi connectivity index (χ1n) is 3.63. The summed E-state index contributed by atoms with van der Waals surface area (Å²) in [6, 6.07) is 0. The zero-order valence-corrected chi connectivity index (χ0v) is 7.49. The van der Waals surface area contributed by atoms with E-state index in [4.69, 9.17) is 0 Å². The van der Waals surface area contributed by atoms with Gasteiger partial charge in [0.25, 0.3) is 5.56 Å². The maximum absolute atomic E-state index is 11.1. The summed E-state index contributed by atoms with van der Waals surface area (Å²) in [6.45, 7) is 3.96. The van der Waals surface area contributed by atoms with Crippen molar-refractivity contribution in [3.8, 4) is 0 Å². The smallest absolute Gasteiger partial charge is 0.265 e. The van der Waals surface area contributed by atoms with Crippen LogP contribution in [0.3, 0.4) is 0 Å². The zero-order valence-electron chi connectivity index (χ0n) is 6.68. The minimum absolute atomic E-state index is 0.0324. The van der Waals surface area contributed by atoms with E-state index < -0.39 is 0 Å². The fraction of sp³-hybridized carbons (Fsp3) is 0.375. The lowest BCUT2D eigenvalue weighted by Gasteiger charge is -1.73. The number of hydrogen-bond donors (Lipinski definition) is 1. The van der Waals surface area contributed by atoms with Gasteiger partial charge in [-0.25, -0.2) is 0 Å². The van der Waals surface area contributed by atoms with Gasteiger partial charge in [0.15, 0.2) is 0 Å². The van der Waals surface area contributed by atoms with Crippen molar-refractivity contribution in [2.45, 2.75) is 20.3 Å². The third kappa shape index (κ3) is 1.60. The average Bonchev–Trinajstić information content (AvgIpc) is 2.34. The Morgan fingerprint density at radius 3 is 2.91 bits per heavy atom. The van der Waals surface area contributed by atoms with Crippen molar-refractivity contribution in [1.82, 2.24) is 4.37 Å². The molecule has 1 rings (SSSR count). The number of nitrogens with one attached hydrogen (secondary N) is 1. The lowest BCUT2D eigenvalue weighted by molar-refractivity contribution is 1.27. The van der Waals surface area contributed by atoms with E-state index in [1.807, 2.05) is 26.0 Å². The maximum atomic E-state index is 11.1. The molecule has 0 fully saturated rings. The van der Waals surface area contributed by atoms with Gasteiger partial charge in [-0.2, -0.15) is 0 Å². The lowest BCUT2D eigenvalue weighted by atomic mass is 10.3. The Balaban J connectivity index is 3.56. The van der Waals surface area contributed by atoms with Crippen LogP contribution in [0.25, 0.3) is 12.2 Å². The van der Waals surface area contributed by atoms with Gasteiger partial charge >= 0.3 is 0 Å². The van der Waals surface area contributed by atoms with Gasteiger partial charge in [0.2, 0.25) is 0 Å². The highest BCUT2D eigenvalue weighted by Gasteiger charge is 1.91. The topological polar surface area (TPSA) is 32.9 Å². The molecule has 0 aromatic carbocycles. The number of aromatic amines is 1. The van der Waals surface area contributed by atoms with E-state index in [0.717, 1.165) is 16.2 Å². The zero-order chi connectivity index (χ0) is 8.27. The van der Waals surface area contributed by atoms with E-state index in [2.05, 4.69) is 4.37 Å². The Bertz CT molecular complexity index is 385. The third-order valence-electron chi connectivity index (χ3n) is 1.43. The highest BCUT2D eigenvalue weighted by atomic mass is 32.1. The number of H-pyrrole nitrogens is 1. The number of hydrogen-bond acceptors (Lipinski definition) is 2. The minimum atomic E-state index is 0.0324. The molecule has 1 heterocycles. The fourth-order valence-electron chi connectivity index (χ4n) is 0.935. The SMILES string of the molecule is C/C=c1/s[nH]c(=O)/c1=C/CC. The van der Waals surface area contributed by atoms with Gasteiger partial charge in [-0.1, -0.05) is 30.6 Å². The van der Waals surface area contributed by atoms with Crippen LogP contribution in [-0.2, 0) is 0 Å². The van der Waals surface area contributed by atoms with Gasteiger partial charge < -0.3 is 0 Å². The normalized spacial score (nSPS) is 14.4. The Morgan fingerprint density at radius 2 is 2.36 bits per heavy atom. The summed E-state index contributed by atoms with van der Waals surface area (Å²) in [5.41, 5.74) is 0.0324. The Morgan fingerprint density at radius 1 is 1.64 bits per heavy atom. The molecule has 1 aromatic rings. The van der Waals surface area contributed by atoms with Crippen LogP contribution in [0.4, 0.5) is 0 Å². The van der Waals surface area contributed by atoms with Gasteiger partial charge in [0, 0.05) is 0 Å². The summed E-state index contributed by atoms with van der Waals surface area (Å²) in [5.74, 6) is 0. The maximum Gasteiger partial charge on any atom is 0.265 e. The molecule has 0 saturated carbocycles. The van der Waals surface area contributed by atoms with E-state index in [-0.39, 0.29) is 5.56 Å². The lowest BCUT2D eigenvalue weighted by Crippen LogP contribution is -2.31. The van der Waals surface area contributed by atoms with Crippen molar-refractivity contribution >= 4 is 23.7 Å². The Labute approximate surface area is 69.0 Å². The largest absolute Gasteiger partial charge is 0.277 e. The monoisotopic (exact) mass is 169 g/mol. The summed E-state index contributed by atoms with van der Waals surface area (Å²) in [6.07, 6.45) is 4.80. The summed E-state index contributed by atoms with van der Waals surface area (Å²) in [5, 5.41) is 0.819. The minimum Gasteiger partial charge on any atom is -0.277 e. The molecule has 60 valence electrons. The summed E-state index contributed by atoms with van der Waals surface area (Å²) in [4.78, 5) is 11.1. The summed E-state index contributed by atoms with van der Waals surface area (Å²) < 4.78 is 3.74. The molecule has 3 heteroatoms. The van der Waals surface area contributed by atoms with Gasteiger partial charge in [-0.15, -0.1) is 0 Å². The predicted octanol–water partition coefficient (Wildman–Crippen LogP) is 0.427. The molecule has 0 radical (unpaired) electrons. The molecule has 0 aliphatic carbocycles. The van der Waals surface area contributed by atoms with E-state index in [1.165, 1.54) is 11.5 Å². The molecular weight excluding hydrogens is 158 g/mol. The molecule has 0 aliphatic heterocycles.